The van der Waals surface area contributed by atoms with Gasteiger partial charge in [0.05, 0.1) is 13.2 Å². The lowest BCUT2D eigenvalue weighted by Gasteiger charge is -2.32. The molecule has 5 heteroatoms. The molecule has 1 amide bonds. The van der Waals surface area contributed by atoms with Gasteiger partial charge in [0.2, 0.25) is 5.91 Å². The molecule has 3 rings (SSSR count). The predicted octanol–water partition coefficient (Wildman–Crippen LogP) is 4.08. The van der Waals surface area contributed by atoms with Crippen molar-refractivity contribution in [1.82, 2.24) is 4.90 Å². The minimum absolute atomic E-state index is 0. The molecular formula is C20H31ClN2O2. The van der Waals surface area contributed by atoms with Crippen LogP contribution >= 0.6 is 12.4 Å². The van der Waals surface area contributed by atoms with E-state index in [0.717, 1.165) is 38.0 Å². The summed E-state index contributed by atoms with van der Waals surface area (Å²) in [4.78, 5) is 15.1. The van der Waals surface area contributed by atoms with Crippen LogP contribution in [0.15, 0.2) is 24.3 Å². The lowest BCUT2D eigenvalue weighted by atomic mass is 9.97. The quantitative estimate of drug-likeness (QED) is 0.873. The van der Waals surface area contributed by atoms with Gasteiger partial charge in [-0.15, -0.1) is 12.4 Å². The second kappa shape index (κ2) is 9.44. The van der Waals surface area contributed by atoms with Crippen molar-refractivity contribution in [3.05, 3.63) is 29.8 Å². The van der Waals surface area contributed by atoms with E-state index in [1.807, 2.05) is 12.1 Å². The predicted molar refractivity (Wildman–Crippen MR) is 103 cm³/mol. The van der Waals surface area contributed by atoms with Crippen LogP contribution in [0.4, 0.5) is 0 Å². The van der Waals surface area contributed by atoms with Crippen LogP contribution in [-0.2, 0) is 4.79 Å². The first-order valence-electron chi connectivity index (χ1n) is 9.38. The van der Waals surface area contributed by atoms with Crippen molar-refractivity contribution in [3.8, 4) is 5.75 Å². The van der Waals surface area contributed by atoms with E-state index in [2.05, 4.69) is 17.0 Å². The Morgan fingerprint density at radius 1 is 1.12 bits per heavy atom. The summed E-state index contributed by atoms with van der Waals surface area (Å²) in [5.74, 6) is 1.53. The number of hydrogen-bond donors (Lipinski definition) is 1. The highest BCUT2D eigenvalue weighted by atomic mass is 35.5. The number of rotatable bonds is 4. The van der Waals surface area contributed by atoms with Crippen LogP contribution in [0, 0.1) is 5.92 Å². The topological polar surface area (TPSA) is 55.6 Å². The summed E-state index contributed by atoms with van der Waals surface area (Å²) in [7, 11) is 1.68. The summed E-state index contributed by atoms with van der Waals surface area (Å²) in [6.07, 6.45) is 8.51. The van der Waals surface area contributed by atoms with Gasteiger partial charge in [-0.3, -0.25) is 4.79 Å². The Bertz CT molecular complexity index is 549. The van der Waals surface area contributed by atoms with Crippen molar-refractivity contribution in [2.45, 2.75) is 63.5 Å². The van der Waals surface area contributed by atoms with E-state index in [1.54, 1.807) is 7.11 Å². The van der Waals surface area contributed by atoms with Gasteiger partial charge >= 0.3 is 0 Å². The van der Waals surface area contributed by atoms with E-state index in [0.29, 0.717) is 18.2 Å². The maximum absolute atomic E-state index is 13.0. The largest absolute Gasteiger partial charge is 0.497 e. The number of likely N-dealkylation sites (tertiary alicyclic amines) is 1. The molecule has 1 aliphatic heterocycles. The Morgan fingerprint density at radius 2 is 1.88 bits per heavy atom. The van der Waals surface area contributed by atoms with Gasteiger partial charge in [-0.2, -0.15) is 0 Å². The molecular weight excluding hydrogens is 336 g/mol. The average molecular weight is 367 g/mol. The molecule has 2 aliphatic rings. The zero-order valence-corrected chi connectivity index (χ0v) is 16.0. The first-order valence-corrected chi connectivity index (χ1v) is 9.38. The molecule has 0 bridgehead atoms. The third-order valence-electron chi connectivity index (χ3n) is 5.73. The summed E-state index contributed by atoms with van der Waals surface area (Å²) < 4.78 is 5.26. The Morgan fingerprint density at radius 3 is 2.52 bits per heavy atom. The van der Waals surface area contributed by atoms with E-state index >= 15 is 0 Å². The highest BCUT2D eigenvalue weighted by molar-refractivity contribution is 5.85. The fourth-order valence-corrected chi connectivity index (χ4v) is 4.24. The summed E-state index contributed by atoms with van der Waals surface area (Å²) in [6, 6.07) is 8.61. The van der Waals surface area contributed by atoms with Gasteiger partial charge in [0.25, 0.3) is 0 Å². The van der Waals surface area contributed by atoms with Crippen LogP contribution in [0.1, 0.15) is 63.0 Å². The standard InChI is InChI=1S/C20H30N2O2.ClH/c1-24-17-11-9-15(10-12-17)19-8-3-2-4-13-22(19)20(23)14-16-6-5-7-18(16)21;/h9-12,16,18-19H,2-8,13-14,21H2,1H3;1H/t16-,18+,19?;/m0./s1. The van der Waals surface area contributed by atoms with E-state index in [-0.39, 0.29) is 24.5 Å². The van der Waals surface area contributed by atoms with Gasteiger partial charge in [0.15, 0.2) is 0 Å². The van der Waals surface area contributed by atoms with Crippen molar-refractivity contribution < 1.29 is 9.53 Å². The third-order valence-corrected chi connectivity index (χ3v) is 5.73. The molecule has 2 fully saturated rings. The summed E-state index contributed by atoms with van der Waals surface area (Å²) in [6.45, 7) is 0.873. The second-order valence-corrected chi connectivity index (χ2v) is 7.28. The molecule has 0 radical (unpaired) electrons. The van der Waals surface area contributed by atoms with Crippen molar-refractivity contribution in [2.24, 2.45) is 11.7 Å². The van der Waals surface area contributed by atoms with Gasteiger partial charge in [0, 0.05) is 19.0 Å². The van der Waals surface area contributed by atoms with Crippen molar-refractivity contribution in [1.29, 1.82) is 0 Å². The molecule has 0 spiro atoms. The first kappa shape index (κ1) is 20.1. The first-order chi connectivity index (χ1) is 11.7. The average Bonchev–Trinajstić information content (AvgIpc) is 2.87. The van der Waals surface area contributed by atoms with Crippen LogP contribution in [0.5, 0.6) is 5.75 Å². The Balaban J connectivity index is 0.00000225. The molecule has 3 atom stereocenters. The van der Waals surface area contributed by atoms with Crippen LogP contribution in [0.25, 0.3) is 0 Å². The molecule has 1 saturated carbocycles. The van der Waals surface area contributed by atoms with Crippen LogP contribution in [-0.4, -0.2) is 30.5 Å². The van der Waals surface area contributed by atoms with Crippen LogP contribution < -0.4 is 10.5 Å². The molecule has 1 unspecified atom stereocenters. The van der Waals surface area contributed by atoms with E-state index in [9.17, 15) is 4.79 Å². The molecule has 1 heterocycles. The summed E-state index contributed by atoms with van der Waals surface area (Å²) in [5, 5.41) is 0. The summed E-state index contributed by atoms with van der Waals surface area (Å²) in [5.41, 5.74) is 7.40. The number of halogens is 1. The van der Waals surface area contributed by atoms with Gasteiger partial charge in [0.1, 0.15) is 5.75 Å². The minimum Gasteiger partial charge on any atom is -0.497 e. The van der Waals surface area contributed by atoms with Gasteiger partial charge in [-0.1, -0.05) is 31.4 Å². The minimum atomic E-state index is 0. The number of amides is 1. The SMILES string of the molecule is COc1ccc(C2CCCCCN2C(=O)C[C@@H]2CCC[C@H]2N)cc1.Cl. The zero-order valence-electron chi connectivity index (χ0n) is 15.2. The molecule has 1 aliphatic carbocycles. The molecule has 0 aromatic heterocycles. The Hall–Kier alpha value is -1.26. The number of methoxy groups -OCH3 is 1. The van der Waals surface area contributed by atoms with Gasteiger partial charge < -0.3 is 15.4 Å². The number of carbonyl (C=O) groups excluding carboxylic acids is 1. The van der Waals surface area contributed by atoms with E-state index in [1.165, 1.54) is 24.8 Å². The molecule has 140 valence electrons. The summed E-state index contributed by atoms with van der Waals surface area (Å²) >= 11 is 0. The van der Waals surface area contributed by atoms with Crippen LogP contribution in [0.2, 0.25) is 0 Å². The smallest absolute Gasteiger partial charge is 0.223 e. The molecule has 1 aromatic rings. The number of nitrogens with zero attached hydrogens (tertiary/aromatic N) is 1. The highest BCUT2D eigenvalue weighted by Gasteiger charge is 2.31. The Kier molecular flexibility index (Phi) is 7.57. The van der Waals surface area contributed by atoms with E-state index in [4.69, 9.17) is 10.5 Å². The maximum atomic E-state index is 13.0. The van der Waals surface area contributed by atoms with Crippen LogP contribution in [0.3, 0.4) is 0 Å². The number of benzene rings is 1. The third kappa shape index (κ3) is 4.89. The normalized spacial score (nSPS) is 26.6. The fourth-order valence-electron chi connectivity index (χ4n) is 4.24. The van der Waals surface area contributed by atoms with Gasteiger partial charge in [-0.25, -0.2) is 0 Å². The van der Waals surface area contributed by atoms with Crippen molar-refractivity contribution in [3.63, 3.8) is 0 Å². The monoisotopic (exact) mass is 366 g/mol. The zero-order chi connectivity index (χ0) is 16.9. The lowest BCUT2D eigenvalue weighted by molar-refractivity contribution is -0.134. The maximum Gasteiger partial charge on any atom is 0.223 e. The number of nitrogens with two attached hydrogens (primary N) is 1. The van der Waals surface area contributed by atoms with Gasteiger partial charge in [-0.05, 0) is 49.3 Å². The number of ether oxygens (including phenoxy) is 1. The molecule has 1 saturated heterocycles. The molecule has 25 heavy (non-hydrogen) atoms. The fraction of sp³-hybridized carbons (Fsp3) is 0.650. The number of carbonyl (C=O) groups is 1. The number of hydrogen-bond acceptors (Lipinski definition) is 3. The lowest BCUT2D eigenvalue weighted by Crippen LogP contribution is -2.37. The van der Waals surface area contributed by atoms with Crippen molar-refractivity contribution >= 4 is 18.3 Å². The molecule has 4 nitrogen and oxygen atoms in total. The van der Waals surface area contributed by atoms with Crippen molar-refractivity contribution in [2.75, 3.05) is 13.7 Å². The molecule has 1 aromatic carbocycles. The van der Waals surface area contributed by atoms with E-state index < -0.39 is 0 Å². The second-order valence-electron chi connectivity index (χ2n) is 7.28. The Labute approximate surface area is 157 Å². The highest BCUT2D eigenvalue weighted by Crippen LogP contribution is 2.34. The molecule has 2 N–H and O–H groups in total.